The third-order valence-corrected chi connectivity index (χ3v) is 4.16. The molecule has 1 aliphatic carbocycles. The maximum absolute atomic E-state index is 12.1. The van der Waals surface area contributed by atoms with Crippen molar-refractivity contribution in [3.8, 4) is 0 Å². The standard InChI is InChI=1S/C17H21NO3/c1-12-3-2-4-15(12)11-18-17(21)14-8-5-13(6-9-14)7-10-16(19)20/h5-10,12,15H,2-4,11H2,1H3,(H,18,21)(H,19,20)/b10-7+. The van der Waals surface area contributed by atoms with Crippen molar-refractivity contribution in [3.05, 3.63) is 41.5 Å². The lowest BCUT2D eigenvalue weighted by Gasteiger charge is -2.15. The summed E-state index contributed by atoms with van der Waals surface area (Å²) >= 11 is 0. The van der Waals surface area contributed by atoms with E-state index in [0.717, 1.165) is 18.2 Å². The quantitative estimate of drug-likeness (QED) is 0.818. The molecule has 0 heterocycles. The molecule has 2 unspecified atom stereocenters. The Morgan fingerprint density at radius 3 is 2.57 bits per heavy atom. The van der Waals surface area contributed by atoms with Crippen LogP contribution in [-0.4, -0.2) is 23.5 Å². The molecule has 1 aromatic carbocycles. The lowest BCUT2D eigenvalue weighted by Crippen LogP contribution is -2.30. The summed E-state index contributed by atoms with van der Waals surface area (Å²) in [7, 11) is 0. The van der Waals surface area contributed by atoms with Gasteiger partial charge in [-0.25, -0.2) is 4.79 Å². The maximum Gasteiger partial charge on any atom is 0.328 e. The van der Waals surface area contributed by atoms with Gasteiger partial charge in [-0.15, -0.1) is 0 Å². The number of nitrogens with one attached hydrogen (secondary N) is 1. The second-order valence-electron chi connectivity index (χ2n) is 5.67. The lowest BCUT2D eigenvalue weighted by atomic mass is 9.98. The van der Waals surface area contributed by atoms with E-state index in [2.05, 4.69) is 12.2 Å². The van der Waals surface area contributed by atoms with Crippen molar-refractivity contribution < 1.29 is 14.7 Å². The molecule has 0 saturated heterocycles. The molecule has 0 spiro atoms. The predicted molar refractivity (Wildman–Crippen MR) is 82.0 cm³/mol. The van der Waals surface area contributed by atoms with Crippen molar-refractivity contribution in [2.45, 2.75) is 26.2 Å². The number of carboxylic acids is 1. The Kier molecular flexibility index (Phi) is 5.14. The third-order valence-electron chi connectivity index (χ3n) is 4.16. The Morgan fingerprint density at radius 1 is 1.29 bits per heavy atom. The monoisotopic (exact) mass is 287 g/mol. The molecule has 0 aliphatic heterocycles. The van der Waals surface area contributed by atoms with Crippen LogP contribution in [0, 0.1) is 11.8 Å². The predicted octanol–water partition coefficient (Wildman–Crippen LogP) is 2.95. The number of carbonyl (C=O) groups is 2. The summed E-state index contributed by atoms with van der Waals surface area (Å²) in [6.45, 7) is 2.98. The summed E-state index contributed by atoms with van der Waals surface area (Å²) in [5, 5.41) is 11.6. The van der Waals surface area contributed by atoms with Crippen LogP contribution >= 0.6 is 0 Å². The van der Waals surface area contributed by atoms with E-state index in [-0.39, 0.29) is 5.91 Å². The zero-order valence-corrected chi connectivity index (χ0v) is 12.2. The first-order chi connectivity index (χ1) is 10.1. The number of rotatable bonds is 5. The molecule has 1 amide bonds. The molecule has 21 heavy (non-hydrogen) atoms. The Labute approximate surface area is 124 Å². The Hall–Kier alpha value is -2.10. The van der Waals surface area contributed by atoms with Gasteiger partial charge in [-0.1, -0.05) is 31.9 Å². The van der Waals surface area contributed by atoms with Gasteiger partial charge in [-0.05, 0) is 42.0 Å². The summed E-state index contributed by atoms with van der Waals surface area (Å²) < 4.78 is 0. The Morgan fingerprint density at radius 2 is 2.00 bits per heavy atom. The molecule has 112 valence electrons. The van der Waals surface area contributed by atoms with Crippen molar-refractivity contribution in [2.24, 2.45) is 11.8 Å². The highest BCUT2D eigenvalue weighted by molar-refractivity contribution is 5.94. The van der Waals surface area contributed by atoms with Crippen molar-refractivity contribution in [1.29, 1.82) is 0 Å². The van der Waals surface area contributed by atoms with E-state index in [1.54, 1.807) is 24.3 Å². The second kappa shape index (κ2) is 7.07. The number of aliphatic carboxylic acids is 1. The number of carbonyl (C=O) groups excluding carboxylic acids is 1. The van der Waals surface area contributed by atoms with Gasteiger partial charge < -0.3 is 10.4 Å². The molecule has 1 saturated carbocycles. The minimum Gasteiger partial charge on any atom is -0.478 e. The minimum atomic E-state index is -0.984. The zero-order chi connectivity index (χ0) is 15.2. The second-order valence-corrected chi connectivity index (χ2v) is 5.67. The minimum absolute atomic E-state index is 0.0668. The molecular formula is C17H21NO3. The highest BCUT2D eigenvalue weighted by Crippen LogP contribution is 2.30. The van der Waals surface area contributed by atoms with Crippen LogP contribution in [0.2, 0.25) is 0 Å². The van der Waals surface area contributed by atoms with Crippen LogP contribution in [-0.2, 0) is 4.79 Å². The summed E-state index contributed by atoms with van der Waals surface area (Å²) in [6.07, 6.45) is 6.29. The smallest absolute Gasteiger partial charge is 0.328 e. The summed E-state index contributed by atoms with van der Waals surface area (Å²) in [5.74, 6) is 0.228. The van der Waals surface area contributed by atoms with Gasteiger partial charge in [0, 0.05) is 18.2 Å². The van der Waals surface area contributed by atoms with Crippen LogP contribution in [0.1, 0.15) is 42.1 Å². The van der Waals surface area contributed by atoms with E-state index in [4.69, 9.17) is 5.11 Å². The molecule has 1 fully saturated rings. The first kappa shape index (κ1) is 15.3. The summed E-state index contributed by atoms with van der Waals surface area (Å²) in [6, 6.07) is 6.92. The third kappa shape index (κ3) is 4.45. The van der Waals surface area contributed by atoms with E-state index in [1.165, 1.54) is 25.3 Å². The summed E-state index contributed by atoms with van der Waals surface area (Å²) in [4.78, 5) is 22.5. The van der Waals surface area contributed by atoms with Crippen LogP contribution in [0.5, 0.6) is 0 Å². The zero-order valence-electron chi connectivity index (χ0n) is 12.2. The average molecular weight is 287 g/mol. The molecule has 2 N–H and O–H groups in total. The fraction of sp³-hybridized carbons (Fsp3) is 0.412. The largest absolute Gasteiger partial charge is 0.478 e. The van der Waals surface area contributed by atoms with Gasteiger partial charge in [-0.3, -0.25) is 4.79 Å². The number of hydrogen-bond donors (Lipinski definition) is 2. The van der Waals surface area contributed by atoms with E-state index in [1.807, 2.05) is 0 Å². The highest BCUT2D eigenvalue weighted by Gasteiger charge is 2.23. The number of benzene rings is 1. The van der Waals surface area contributed by atoms with Crippen molar-refractivity contribution in [2.75, 3.05) is 6.54 Å². The van der Waals surface area contributed by atoms with Gasteiger partial charge in [0.1, 0.15) is 0 Å². The van der Waals surface area contributed by atoms with Gasteiger partial charge in [0.25, 0.3) is 5.91 Å². The normalized spacial score (nSPS) is 21.6. The molecule has 1 aromatic rings. The fourth-order valence-electron chi connectivity index (χ4n) is 2.76. The molecule has 4 heteroatoms. The van der Waals surface area contributed by atoms with Crippen LogP contribution < -0.4 is 5.32 Å². The van der Waals surface area contributed by atoms with E-state index in [9.17, 15) is 9.59 Å². The first-order valence-corrected chi connectivity index (χ1v) is 7.35. The lowest BCUT2D eigenvalue weighted by molar-refractivity contribution is -0.131. The molecule has 0 aromatic heterocycles. The van der Waals surface area contributed by atoms with Crippen molar-refractivity contribution in [1.82, 2.24) is 5.32 Å². The first-order valence-electron chi connectivity index (χ1n) is 7.35. The van der Waals surface area contributed by atoms with Gasteiger partial charge in [0.2, 0.25) is 0 Å². The van der Waals surface area contributed by atoms with E-state index in [0.29, 0.717) is 17.4 Å². The van der Waals surface area contributed by atoms with Crippen LogP contribution in [0.25, 0.3) is 6.08 Å². The molecule has 0 radical (unpaired) electrons. The maximum atomic E-state index is 12.1. The number of amides is 1. The van der Waals surface area contributed by atoms with Crippen LogP contribution in [0.4, 0.5) is 0 Å². The highest BCUT2D eigenvalue weighted by atomic mass is 16.4. The van der Waals surface area contributed by atoms with E-state index < -0.39 is 5.97 Å². The van der Waals surface area contributed by atoms with Crippen LogP contribution in [0.15, 0.2) is 30.3 Å². The number of carboxylic acid groups (broad SMARTS) is 1. The van der Waals surface area contributed by atoms with E-state index >= 15 is 0 Å². The Bertz CT molecular complexity index is 533. The SMILES string of the molecule is CC1CCCC1CNC(=O)c1ccc(/C=C/C(=O)O)cc1. The molecule has 0 bridgehead atoms. The Balaban J connectivity index is 1.89. The average Bonchev–Trinajstić information content (AvgIpc) is 2.88. The van der Waals surface area contributed by atoms with Gasteiger partial charge in [0.15, 0.2) is 0 Å². The van der Waals surface area contributed by atoms with Gasteiger partial charge in [-0.2, -0.15) is 0 Å². The molecule has 2 atom stereocenters. The topological polar surface area (TPSA) is 66.4 Å². The molecular weight excluding hydrogens is 266 g/mol. The van der Waals surface area contributed by atoms with Gasteiger partial charge in [0.05, 0.1) is 0 Å². The molecule has 1 aliphatic rings. The fourth-order valence-corrected chi connectivity index (χ4v) is 2.76. The molecule has 2 rings (SSSR count). The van der Waals surface area contributed by atoms with Crippen molar-refractivity contribution >= 4 is 18.0 Å². The van der Waals surface area contributed by atoms with Gasteiger partial charge >= 0.3 is 5.97 Å². The number of hydrogen-bond acceptors (Lipinski definition) is 2. The van der Waals surface area contributed by atoms with Crippen molar-refractivity contribution in [3.63, 3.8) is 0 Å². The summed E-state index contributed by atoms with van der Waals surface area (Å²) in [5.41, 5.74) is 1.37. The van der Waals surface area contributed by atoms with Crippen LogP contribution in [0.3, 0.4) is 0 Å². The molecule has 4 nitrogen and oxygen atoms in total.